The fourth-order valence-corrected chi connectivity index (χ4v) is 12.7. The first-order valence-electron chi connectivity index (χ1n) is 26.1. The summed E-state index contributed by atoms with van der Waals surface area (Å²) in [7, 11) is 0. The second-order valence-corrected chi connectivity index (χ2v) is 22.8. The van der Waals surface area contributed by atoms with E-state index >= 15 is 0 Å². The maximum atomic E-state index is 14.8. The first kappa shape index (κ1) is 55.8. The van der Waals surface area contributed by atoms with Crippen molar-refractivity contribution in [2.24, 2.45) is 0 Å². The van der Waals surface area contributed by atoms with Crippen LogP contribution in [0.4, 0.5) is 0 Å². The minimum atomic E-state index is -1.34. The molecule has 1 saturated heterocycles. The van der Waals surface area contributed by atoms with Gasteiger partial charge in [0.15, 0.2) is 0 Å². The minimum Gasteiger partial charge on any atom is -0.460 e. The average Bonchev–Trinajstić information content (AvgIpc) is 4.26. The number of amides is 4. The molecule has 8 rings (SSSR count). The maximum absolute atomic E-state index is 14.8. The van der Waals surface area contributed by atoms with Crippen LogP contribution in [-0.2, 0) is 47.7 Å². The van der Waals surface area contributed by atoms with Crippen LogP contribution in [0.3, 0.4) is 0 Å². The molecule has 2 fully saturated rings. The van der Waals surface area contributed by atoms with Crippen molar-refractivity contribution >= 4 is 59.1 Å². The third-order valence-corrected chi connectivity index (χ3v) is 16.7. The lowest BCUT2D eigenvalue weighted by molar-refractivity contribution is -0.155. The highest BCUT2D eigenvalue weighted by Crippen LogP contribution is 2.50. The highest BCUT2D eigenvalue weighted by molar-refractivity contribution is 8.00. The monoisotopic (exact) mass is 1070 g/mol. The van der Waals surface area contributed by atoms with Gasteiger partial charge in [-0.3, -0.25) is 28.8 Å². The van der Waals surface area contributed by atoms with Crippen LogP contribution >= 0.6 is 23.5 Å². The molecule has 77 heavy (non-hydrogen) atoms. The topological polar surface area (TPSA) is 169 Å². The fraction of sp³-hybridized carbons (Fsp3) is 0.302. The van der Waals surface area contributed by atoms with E-state index < -0.39 is 80.9 Å². The van der Waals surface area contributed by atoms with Gasteiger partial charge in [0.2, 0.25) is 23.6 Å². The van der Waals surface area contributed by atoms with E-state index in [0.29, 0.717) is 25.0 Å². The number of thioether (sulfide) groups is 2. The summed E-state index contributed by atoms with van der Waals surface area (Å²) in [5.74, 6) is -3.34. The molecule has 1 aliphatic carbocycles. The van der Waals surface area contributed by atoms with Gasteiger partial charge in [-0.15, -0.1) is 23.5 Å². The zero-order valence-corrected chi connectivity index (χ0v) is 45.3. The van der Waals surface area contributed by atoms with Gasteiger partial charge in [-0.2, -0.15) is 0 Å². The molecule has 2 aliphatic rings. The van der Waals surface area contributed by atoms with E-state index in [1.54, 1.807) is 38.6 Å². The van der Waals surface area contributed by atoms with Crippen molar-refractivity contribution in [1.82, 2.24) is 21.3 Å². The Kier molecular flexibility index (Phi) is 18.6. The maximum Gasteiger partial charge on any atom is 0.326 e. The van der Waals surface area contributed by atoms with E-state index in [1.165, 1.54) is 11.8 Å². The Morgan fingerprint density at radius 1 is 0.610 bits per heavy atom. The van der Waals surface area contributed by atoms with E-state index in [-0.39, 0.29) is 25.0 Å². The molecule has 0 aromatic heterocycles. The van der Waals surface area contributed by atoms with E-state index in [9.17, 15) is 28.8 Å². The summed E-state index contributed by atoms with van der Waals surface area (Å²) < 4.78 is 10.0. The van der Waals surface area contributed by atoms with Crippen LogP contribution in [0, 0.1) is 0 Å². The van der Waals surface area contributed by atoms with Crippen molar-refractivity contribution in [2.75, 3.05) is 18.1 Å². The van der Waals surface area contributed by atoms with Gasteiger partial charge in [0.25, 0.3) is 0 Å². The van der Waals surface area contributed by atoms with Gasteiger partial charge < -0.3 is 30.7 Å². The fourth-order valence-electron chi connectivity index (χ4n) is 9.63. The Hall–Kier alpha value is -7.42. The van der Waals surface area contributed by atoms with Crippen molar-refractivity contribution < 1.29 is 38.2 Å². The number of carbonyl (C=O) groups is 6. The molecule has 0 radical (unpaired) electrons. The van der Waals surface area contributed by atoms with Crippen LogP contribution in [0.25, 0.3) is 0 Å². The van der Waals surface area contributed by atoms with Crippen LogP contribution < -0.4 is 21.3 Å². The van der Waals surface area contributed by atoms with Gasteiger partial charge >= 0.3 is 11.9 Å². The molecule has 3 atom stereocenters. The molecule has 1 saturated carbocycles. The number of hydrogen-bond acceptors (Lipinski definition) is 10. The van der Waals surface area contributed by atoms with Crippen LogP contribution in [0.2, 0.25) is 0 Å². The Morgan fingerprint density at radius 3 is 1.48 bits per heavy atom. The third-order valence-electron chi connectivity index (χ3n) is 13.5. The van der Waals surface area contributed by atoms with Gasteiger partial charge in [-0.05, 0) is 91.7 Å². The highest BCUT2D eigenvalue weighted by Gasteiger charge is 2.52. The molecule has 14 heteroatoms. The summed E-state index contributed by atoms with van der Waals surface area (Å²) in [4.78, 5) is 84.5. The number of esters is 2. The first-order chi connectivity index (χ1) is 37.2. The third kappa shape index (κ3) is 14.1. The number of allylic oxidation sites excluding steroid dienone is 1. The standard InChI is InChI=1S/C63H66N4O8S2/c1-60(2,3)75-55(69)38-37-52-57(71)66-53(44-77-63(48-30-16-7-17-31-48,49-32-18-8-19-33-49)50-34-20-9-21-35-50)58(72)67-61(39-40-61)59(73)64-43-56(70)74-51(42-54(68)65-52)36-22-23-41-76-62(45-24-10-4-11-25-45,46-26-12-5-13-27-46)47-28-14-6-15-29-47/h4-22,24-36,51-53H,23,37-44H2,1-3H3,(H,64,73)(H,65,68)(H,66,71)(H,67,72)/t51-,52-,53-/m1/s1. The van der Waals surface area contributed by atoms with Crippen molar-refractivity contribution in [1.29, 1.82) is 0 Å². The van der Waals surface area contributed by atoms with E-state index in [0.717, 1.165) is 33.4 Å². The lowest BCUT2D eigenvalue weighted by Gasteiger charge is -2.37. The second kappa shape index (κ2) is 25.6. The average molecular weight is 1070 g/mol. The predicted octanol–water partition coefficient (Wildman–Crippen LogP) is 9.56. The van der Waals surface area contributed by atoms with Gasteiger partial charge in [-0.25, -0.2) is 0 Å². The molecule has 6 aromatic carbocycles. The molecule has 0 unspecified atom stereocenters. The first-order valence-corrected chi connectivity index (χ1v) is 28.1. The highest BCUT2D eigenvalue weighted by atomic mass is 32.2. The molecule has 4 amide bonds. The normalized spacial score (nSPS) is 18.6. The number of hydrogen-bond donors (Lipinski definition) is 4. The lowest BCUT2D eigenvalue weighted by atomic mass is 9.84. The number of carbonyl (C=O) groups excluding carboxylic acids is 6. The van der Waals surface area contributed by atoms with E-state index in [2.05, 4.69) is 57.7 Å². The van der Waals surface area contributed by atoms with Crippen LogP contribution in [0.15, 0.2) is 194 Å². The zero-order valence-electron chi connectivity index (χ0n) is 43.7. The molecule has 0 bridgehead atoms. The number of cyclic esters (lactones) is 1. The quantitative estimate of drug-likeness (QED) is 0.0299. The largest absolute Gasteiger partial charge is 0.460 e. The van der Waals surface area contributed by atoms with E-state index in [4.69, 9.17) is 9.47 Å². The van der Waals surface area contributed by atoms with Crippen LogP contribution in [0.5, 0.6) is 0 Å². The molecule has 12 nitrogen and oxygen atoms in total. The summed E-state index contributed by atoms with van der Waals surface area (Å²) in [5, 5.41) is 11.3. The molecule has 6 aromatic rings. The SMILES string of the molecule is CC(C)(C)OC(=O)CC[C@H]1NC(=O)C[C@@H](C=CCCSC(c2ccccc2)(c2ccccc2)c2ccccc2)OC(=O)CNC(=O)C2(CC2)NC(=O)[C@@H](CSC(c2ccccc2)(c2ccccc2)c2ccccc2)NC1=O. The molecule has 4 N–H and O–H groups in total. The van der Waals surface area contributed by atoms with Crippen LogP contribution in [0.1, 0.15) is 92.7 Å². The molecular weight excluding hydrogens is 1000 g/mol. The van der Waals surface area contributed by atoms with Gasteiger partial charge in [0, 0.05) is 12.2 Å². The van der Waals surface area contributed by atoms with Gasteiger partial charge in [0.1, 0.15) is 35.9 Å². The van der Waals surface area contributed by atoms with Gasteiger partial charge in [0.05, 0.1) is 15.9 Å². The van der Waals surface area contributed by atoms with Crippen molar-refractivity contribution in [2.45, 2.75) is 98.1 Å². The number of ether oxygens (including phenoxy) is 2. The second-order valence-electron chi connectivity index (χ2n) is 20.2. The summed E-state index contributed by atoms with van der Waals surface area (Å²) >= 11 is 3.20. The van der Waals surface area contributed by atoms with E-state index in [1.807, 2.05) is 152 Å². The number of benzene rings is 6. The molecule has 1 heterocycles. The Labute approximate surface area is 460 Å². The summed E-state index contributed by atoms with van der Waals surface area (Å²) in [6.07, 6.45) is 2.73. The van der Waals surface area contributed by atoms with Crippen LogP contribution in [-0.4, -0.2) is 82.9 Å². The van der Waals surface area contributed by atoms with Crippen molar-refractivity contribution in [3.63, 3.8) is 0 Å². The summed E-state index contributed by atoms with van der Waals surface area (Å²) in [6.45, 7) is 4.69. The summed E-state index contributed by atoms with van der Waals surface area (Å²) in [5.41, 5.74) is 3.96. The Bertz CT molecular complexity index is 2780. The van der Waals surface area contributed by atoms with Gasteiger partial charge in [-0.1, -0.05) is 188 Å². The van der Waals surface area contributed by atoms with Crippen molar-refractivity contribution in [3.8, 4) is 0 Å². The molecule has 1 spiro atoms. The number of rotatable bonds is 17. The lowest BCUT2D eigenvalue weighted by Crippen LogP contribution is -2.59. The Morgan fingerprint density at radius 2 is 1.05 bits per heavy atom. The smallest absolute Gasteiger partial charge is 0.326 e. The molecular formula is C63H66N4O8S2. The zero-order chi connectivity index (χ0) is 54.3. The molecule has 398 valence electrons. The molecule has 1 aliphatic heterocycles. The Balaban J connectivity index is 1.08. The number of nitrogens with one attached hydrogen (secondary N) is 4. The predicted molar refractivity (Wildman–Crippen MR) is 304 cm³/mol. The summed E-state index contributed by atoms with van der Waals surface area (Å²) in [6, 6.07) is 58.1. The minimum absolute atomic E-state index is 0.00132. The van der Waals surface area contributed by atoms with Crippen molar-refractivity contribution in [3.05, 3.63) is 228 Å².